The first kappa shape index (κ1) is 19.0. The smallest absolute Gasteiger partial charge is 0.383 e. The minimum Gasteiger partial charge on any atom is -0.383 e. The summed E-state index contributed by atoms with van der Waals surface area (Å²) < 4.78 is 93.0. The van der Waals surface area contributed by atoms with Gasteiger partial charge in [0, 0.05) is 26.9 Å². The van der Waals surface area contributed by atoms with Crippen LogP contribution in [0.2, 0.25) is 0 Å². The number of alkyl halides is 5. The second-order valence-corrected chi connectivity index (χ2v) is 7.44. The van der Waals surface area contributed by atoms with Crippen molar-refractivity contribution in [2.45, 2.75) is 37.5 Å². The molecule has 3 aromatic heterocycles. The Bertz CT molecular complexity index is 1380. The Morgan fingerprint density at radius 3 is 2.64 bits per heavy atom. The van der Waals surface area contributed by atoms with Gasteiger partial charge in [-0.25, -0.2) is 19.9 Å². The fraction of sp³-hybridized carbons (Fsp3) is 0.444. The zero-order chi connectivity index (χ0) is 26.8. The number of fused-ring (bicyclic) bond motifs is 2. The van der Waals surface area contributed by atoms with E-state index in [1.807, 2.05) is 0 Å². The predicted molar refractivity (Wildman–Crippen MR) is 104 cm³/mol. The van der Waals surface area contributed by atoms with Gasteiger partial charge in [0.05, 0.1) is 21.3 Å². The number of anilines is 2. The summed E-state index contributed by atoms with van der Waals surface area (Å²) in [5.74, 6) is -6.99. The van der Waals surface area contributed by atoms with Crippen LogP contribution in [-0.2, 0) is 28.6 Å². The van der Waals surface area contributed by atoms with Gasteiger partial charge in [0.1, 0.15) is 23.2 Å². The lowest BCUT2D eigenvalue weighted by atomic mass is 9.99. The van der Waals surface area contributed by atoms with E-state index in [0.717, 1.165) is 0 Å². The second kappa shape index (κ2) is 7.26. The summed E-state index contributed by atoms with van der Waals surface area (Å²) >= 11 is 0. The van der Waals surface area contributed by atoms with Crippen LogP contribution in [0.5, 0.6) is 0 Å². The highest BCUT2D eigenvalue weighted by molar-refractivity contribution is 6.05. The molecule has 10 nitrogen and oxygen atoms in total. The number of carbonyl (C=O) groups is 1. The summed E-state index contributed by atoms with van der Waals surface area (Å²) in [5, 5.41) is 6.56. The van der Waals surface area contributed by atoms with Crippen molar-refractivity contribution in [3.8, 4) is 11.5 Å². The van der Waals surface area contributed by atoms with Crippen LogP contribution in [0, 0.1) is 0 Å². The number of carbonyl (C=O) groups excluding carboxylic acids is 1. The first-order valence-corrected chi connectivity index (χ1v) is 9.26. The maximum absolute atomic E-state index is 13.5. The molecule has 15 heteroatoms. The highest BCUT2D eigenvalue weighted by Crippen LogP contribution is 2.42. The number of rotatable bonds is 5. The third kappa shape index (κ3) is 3.51. The van der Waals surface area contributed by atoms with E-state index in [2.05, 4.69) is 30.4 Å². The molecule has 33 heavy (non-hydrogen) atoms. The predicted octanol–water partition coefficient (Wildman–Crippen LogP) is 2.35. The Labute approximate surface area is 186 Å². The summed E-state index contributed by atoms with van der Waals surface area (Å²) in [5.41, 5.74) is 3.82. The number of nitrogen functional groups attached to an aromatic ring is 1. The number of methoxy groups -OCH3 is 1. The third-order valence-electron chi connectivity index (χ3n) is 5.21. The number of halogens is 5. The van der Waals surface area contributed by atoms with Crippen LogP contribution < -0.4 is 11.1 Å². The SMILES string of the molecule is [2H]C([2H])([2H])OC1(C)C(=O)Nc2nc(-c3nc(CCC(F)(F)C(F)(F)F)nc4c3cnn4C)nc(N)c21. The standard InChI is InChI=1S/C18H17F5N8O2/c1-16(33-3)9-11(24)28-13(29-12(9)30-15(16)32)10-7-6-25-31(2)14(7)27-8(26-10)4-5-17(19,20)18(21,22)23/h6H,4-5H2,1-3H3,(H3,24,28,29,30,32)/i3D3. The third-order valence-corrected chi connectivity index (χ3v) is 5.21. The van der Waals surface area contributed by atoms with E-state index < -0.39 is 43.5 Å². The van der Waals surface area contributed by atoms with Crippen molar-refractivity contribution in [2.75, 3.05) is 18.1 Å². The van der Waals surface area contributed by atoms with Crippen molar-refractivity contribution in [1.29, 1.82) is 0 Å². The van der Waals surface area contributed by atoms with Gasteiger partial charge >= 0.3 is 12.1 Å². The van der Waals surface area contributed by atoms with Crippen molar-refractivity contribution in [1.82, 2.24) is 29.7 Å². The number of nitrogens with one attached hydrogen (secondary N) is 1. The molecule has 0 fully saturated rings. The highest BCUT2D eigenvalue weighted by Gasteiger charge is 2.56. The van der Waals surface area contributed by atoms with Gasteiger partial charge in [0.15, 0.2) is 17.1 Å². The van der Waals surface area contributed by atoms with E-state index in [4.69, 9.17) is 14.6 Å². The molecule has 1 unspecified atom stereocenters. The monoisotopic (exact) mass is 475 g/mol. The Morgan fingerprint density at radius 2 is 1.97 bits per heavy atom. The summed E-state index contributed by atoms with van der Waals surface area (Å²) in [7, 11) is -1.51. The molecule has 3 aromatic rings. The number of nitrogens with zero attached hydrogens (tertiary/aromatic N) is 6. The summed E-state index contributed by atoms with van der Waals surface area (Å²) in [6.45, 7) is 1.17. The fourth-order valence-corrected chi connectivity index (χ4v) is 3.34. The Hall–Kier alpha value is -3.49. The van der Waals surface area contributed by atoms with Crippen LogP contribution in [0.15, 0.2) is 6.20 Å². The van der Waals surface area contributed by atoms with Crippen LogP contribution in [0.3, 0.4) is 0 Å². The number of nitrogens with two attached hydrogens (primary N) is 1. The quantitative estimate of drug-likeness (QED) is 0.537. The number of hydrogen-bond acceptors (Lipinski definition) is 8. The Balaban J connectivity index is 1.80. The molecule has 176 valence electrons. The van der Waals surface area contributed by atoms with Crippen molar-refractivity contribution in [2.24, 2.45) is 7.05 Å². The lowest BCUT2D eigenvalue weighted by Gasteiger charge is -2.20. The molecule has 1 atom stereocenters. The summed E-state index contributed by atoms with van der Waals surface area (Å²) in [6, 6.07) is 0. The number of amides is 1. The molecule has 1 amide bonds. The molecule has 0 spiro atoms. The van der Waals surface area contributed by atoms with Crippen LogP contribution >= 0.6 is 0 Å². The summed E-state index contributed by atoms with van der Waals surface area (Å²) in [6.07, 6.45) is -6.90. The number of aromatic nitrogens is 6. The van der Waals surface area contributed by atoms with E-state index in [1.165, 1.54) is 24.9 Å². The number of ether oxygens (including phenoxy) is 1. The van der Waals surface area contributed by atoms with E-state index in [1.54, 1.807) is 0 Å². The van der Waals surface area contributed by atoms with Gasteiger partial charge in [-0.3, -0.25) is 9.48 Å². The lowest BCUT2D eigenvalue weighted by molar-refractivity contribution is -0.284. The minimum absolute atomic E-state index is 0.0904. The fourth-order valence-electron chi connectivity index (χ4n) is 3.34. The Morgan fingerprint density at radius 1 is 1.24 bits per heavy atom. The molecule has 0 saturated heterocycles. The molecule has 0 aliphatic carbocycles. The van der Waals surface area contributed by atoms with Crippen LogP contribution in [0.1, 0.15) is 28.8 Å². The topological polar surface area (TPSA) is 134 Å². The van der Waals surface area contributed by atoms with Gasteiger partial charge in [-0.2, -0.15) is 27.1 Å². The molecule has 4 heterocycles. The zero-order valence-electron chi connectivity index (χ0n) is 20.0. The largest absolute Gasteiger partial charge is 0.453 e. The van der Waals surface area contributed by atoms with Crippen LogP contribution in [0.25, 0.3) is 22.6 Å². The van der Waals surface area contributed by atoms with Crippen molar-refractivity contribution in [3.63, 3.8) is 0 Å². The second-order valence-electron chi connectivity index (χ2n) is 7.44. The maximum atomic E-state index is 13.5. The average Bonchev–Trinajstić information content (AvgIpc) is 3.21. The van der Waals surface area contributed by atoms with Gasteiger partial charge in [0.2, 0.25) is 0 Å². The molecule has 1 aliphatic rings. The van der Waals surface area contributed by atoms with E-state index in [0.29, 0.717) is 0 Å². The van der Waals surface area contributed by atoms with Crippen molar-refractivity contribution in [3.05, 3.63) is 17.6 Å². The Kier molecular flexibility index (Phi) is 4.19. The number of hydrogen-bond donors (Lipinski definition) is 2. The van der Waals surface area contributed by atoms with Gasteiger partial charge in [-0.05, 0) is 6.92 Å². The molecular weight excluding hydrogens is 455 g/mol. The highest BCUT2D eigenvalue weighted by atomic mass is 19.4. The lowest BCUT2D eigenvalue weighted by Crippen LogP contribution is -2.36. The van der Waals surface area contributed by atoms with E-state index >= 15 is 0 Å². The van der Waals surface area contributed by atoms with Gasteiger partial charge in [-0.15, -0.1) is 0 Å². The van der Waals surface area contributed by atoms with Crippen LogP contribution in [-0.4, -0.2) is 54.8 Å². The summed E-state index contributed by atoms with van der Waals surface area (Å²) in [4.78, 5) is 28.9. The van der Waals surface area contributed by atoms with E-state index in [-0.39, 0.29) is 45.6 Å². The zero-order valence-corrected chi connectivity index (χ0v) is 17.0. The van der Waals surface area contributed by atoms with Crippen molar-refractivity contribution < 1.29 is 35.6 Å². The minimum atomic E-state index is -5.74. The van der Waals surface area contributed by atoms with Gasteiger partial charge in [0.25, 0.3) is 5.91 Å². The molecule has 0 radical (unpaired) electrons. The molecule has 1 aliphatic heterocycles. The molecule has 0 bridgehead atoms. The molecular formula is C18H17F5N8O2. The molecule has 0 saturated carbocycles. The molecule has 4 rings (SSSR count). The maximum Gasteiger partial charge on any atom is 0.453 e. The molecule has 0 aromatic carbocycles. The number of aryl methyl sites for hydroxylation is 2. The van der Waals surface area contributed by atoms with E-state index in [9.17, 15) is 26.7 Å². The molecule has 3 N–H and O–H groups in total. The van der Waals surface area contributed by atoms with Gasteiger partial charge in [-0.1, -0.05) is 0 Å². The first-order chi connectivity index (χ1) is 16.4. The normalized spacial score (nSPS) is 20.3. The van der Waals surface area contributed by atoms with Crippen LogP contribution in [0.4, 0.5) is 33.6 Å². The average molecular weight is 475 g/mol. The first-order valence-electron chi connectivity index (χ1n) is 10.8. The van der Waals surface area contributed by atoms with Gasteiger partial charge < -0.3 is 15.8 Å². The van der Waals surface area contributed by atoms with Crippen molar-refractivity contribution >= 4 is 28.6 Å².